The molecule has 2 atom stereocenters. The predicted octanol–water partition coefficient (Wildman–Crippen LogP) is 3.89. The van der Waals surface area contributed by atoms with Gasteiger partial charge in [-0.2, -0.15) is 0 Å². The first-order valence-corrected chi connectivity index (χ1v) is 6.85. The molecule has 0 saturated carbocycles. The summed E-state index contributed by atoms with van der Waals surface area (Å²) < 4.78 is 1.02. The highest BCUT2D eigenvalue weighted by atomic mass is 79.9. The largest absolute Gasteiger partial charge is 0.368 e. The molecule has 17 heavy (non-hydrogen) atoms. The second-order valence-electron chi connectivity index (χ2n) is 5.06. The lowest BCUT2D eigenvalue weighted by atomic mass is 10.1. The first-order valence-electron chi connectivity index (χ1n) is 6.06. The second-order valence-corrected chi connectivity index (χ2v) is 5.92. The zero-order valence-electron chi connectivity index (χ0n) is 10.5. The van der Waals surface area contributed by atoms with Gasteiger partial charge in [0.1, 0.15) is 0 Å². The fourth-order valence-corrected chi connectivity index (χ4v) is 3.20. The maximum atomic E-state index is 11.3. The van der Waals surface area contributed by atoms with Crippen molar-refractivity contribution in [3.8, 4) is 0 Å². The summed E-state index contributed by atoms with van der Waals surface area (Å²) in [5, 5.41) is 0. The Hall–Kier alpha value is -0.830. The predicted molar refractivity (Wildman–Crippen MR) is 74.7 cm³/mol. The van der Waals surface area contributed by atoms with Crippen LogP contribution >= 0.6 is 15.9 Å². The fraction of sp³-hybridized carbons (Fsp3) is 0.500. The van der Waals surface area contributed by atoms with Gasteiger partial charge in [-0.3, -0.25) is 4.79 Å². The molecule has 1 heterocycles. The quantitative estimate of drug-likeness (QED) is 0.772. The van der Waals surface area contributed by atoms with Crippen LogP contribution in [-0.2, 0) is 0 Å². The Morgan fingerprint density at radius 1 is 1.41 bits per heavy atom. The van der Waals surface area contributed by atoms with Gasteiger partial charge in [-0.1, -0.05) is 6.92 Å². The molecule has 0 aliphatic carbocycles. The van der Waals surface area contributed by atoms with Crippen molar-refractivity contribution in [1.82, 2.24) is 0 Å². The van der Waals surface area contributed by atoms with Gasteiger partial charge in [0.2, 0.25) is 0 Å². The number of carbonyl (C=O) groups is 1. The van der Waals surface area contributed by atoms with Crippen LogP contribution < -0.4 is 4.90 Å². The zero-order valence-corrected chi connectivity index (χ0v) is 12.1. The van der Waals surface area contributed by atoms with Gasteiger partial charge in [0, 0.05) is 22.6 Å². The van der Waals surface area contributed by atoms with E-state index in [0.29, 0.717) is 6.04 Å². The van der Waals surface area contributed by atoms with Gasteiger partial charge >= 0.3 is 0 Å². The number of hydrogen-bond donors (Lipinski definition) is 0. The van der Waals surface area contributed by atoms with Gasteiger partial charge in [-0.15, -0.1) is 0 Å². The number of carbonyl (C=O) groups excluding carboxylic acids is 1. The van der Waals surface area contributed by atoms with E-state index in [2.05, 4.69) is 40.7 Å². The standard InChI is InChI=1S/C14H18BrNO/c1-9-6-10(2)16(8-9)14-5-4-12(11(3)17)7-13(14)15/h4-5,7,9-10H,6,8H2,1-3H3. The Kier molecular flexibility index (Phi) is 3.57. The van der Waals surface area contributed by atoms with Crippen molar-refractivity contribution in [2.45, 2.75) is 33.2 Å². The Morgan fingerprint density at radius 2 is 2.12 bits per heavy atom. The number of Topliss-reactive ketones (excluding diaryl/α,β-unsaturated/α-hetero) is 1. The first-order chi connectivity index (χ1) is 7.99. The summed E-state index contributed by atoms with van der Waals surface area (Å²) in [6.45, 7) is 7.24. The molecule has 0 bridgehead atoms. The minimum atomic E-state index is 0.111. The lowest BCUT2D eigenvalue weighted by molar-refractivity contribution is 0.101. The van der Waals surface area contributed by atoms with E-state index in [9.17, 15) is 4.79 Å². The highest BCUT2D eigenvalue weighted by molar-refractivity contribution is 9.10. The van der Waals surface area contributed by atoms with E-state index < -0.39 is 0 Å². The summed E-state index contributed by atoms with van der Waals surface area (Å²) >= 11 is 3.58. The molecule has 1 aliphatic rings. The molecule has 0 spiro atoms. The summed E-state index contributed by atoms with van der Waals surface area (Å²) in [5.74, 6) is 0.851. The van der Waals surface area contributed by atoms with Crippen LogP contribution in [-0.4, -0.2) is 18.4 Å². The molecular weight excluding hydrogens is 278 g/mol. The van der Waals surface area contributed by atoms with E-state index in [1.165, 1.54) is 12.1 Å². The summed E-state index contributed by atoms with van der Waals surface area (Å²) in [4.78, 5) is 13.7. The normalized spacial score (nSPS) is 24.1. The Morgan fingerprint density at radius 3 is 2.59 bits per heavy atom. The Balaban J connectivity index is 2.31. The van der Waals surface area contributed by atoms with E-state index in [4.69, 9.17) is 0 Å². The van der Waals surface area contributed by atoms with Crippen molar-refractivity contribution in [2.75, 3.05) is 11.4 Å². The first kappa shape index (κ1) is 12.6. The molecule has 1 aliphatic heterocycles. The SMILES string of the molecule is CC(=O)c1ccc(N2CC(C)CC2C)c(Br)c1. The lowest BCUT2D eigenvalue weighted by Crippen LogP contribution is -2.27. The van der Waals surface area contributed by atoms with Crippen LogP contribution in [0.1, 0.15) is 37.6 Å². The lowest BCUT2D eigenvalue weighted by Gasteiger charge is -2.25. The van der Waals surface area contributed by atoms with Crippen molar-refractivity contribution in [3.05, 3.63) is 28.2 Å². The number of anilines is 1. The number of rotatable bonds is 2. The van der Waals surface area contributed by atoms with Crippen LogP contribution in [0.3, 0.4) is 0 Å². The van der Waals surface area contributed by atoms with Crippen molar-refractivity contribution in [3.63, 3.8) is 0 Å². The molecule has 2 rings (SSSR count). The number of ketones is 1. The summed E-state index contributed by atoms with van der Waals surface area (Å²) in [7, 11) is 0. The summed E-state index contributed by atoms with van der Waals surface area (Å²) in [5.41, 5.74) is 1.97. The molecule has 2 unspecified atom stereocenters. The molecule has 3 heteroatoms. The molecule has 0 amide bonds. The number of nitrogens with zero attached hydrogens (tertiary/aromatic N) is 1. The van der Waals surface area contributed by atoms with Crippen molar-refractivity contribution >= 4 is 27.4 Å². The second kappa shape index (κ2) is 4.81. The van der Waals surface area contributed by atoms with E-state index in [1.54, 1.807) is 6.92 Å². The maximum absolute atomic E-state index is 11.3. The average Bonchev–Trinajstić information content (AvgIpc) is 2.57. The van der Waals surface area contributed by atoms with E-state index >= 15 is 0 Å². The molecule has 92 valence electrons. The van der Waals surface area contributed by atoms with Crippen molar-refractivity contribution in [1.29, 1.82) is 0 Å². The van der Waals surface area contributed by atoms with E-state index in [0.717, 1.165) is 22.5 Å². The molecule has 2 nitrogen and oxygen atoms in total. The monoisotopic (exact) mass is 295 g/mol. The molecule has 1 aromatic carbocycles. The highest BCUT2D eigenvalue weighted by Gasteiger charge is 2.27. The molecule has 0 radical (unpaired) electrons. The highest BCUT2D eigenvalue weighted by Crippen LogP contribution is 2.34. The van der Waals surface area contributed by atoms with Crippen LogP contribution in [0.5, 0.6) is 0 Å². The minimum Gasteiger partial charge on any atom is -0.368 e. The van der Waals surface area contributed by atoms with Gasteiger partial charge < -0.3 is 4.90 Å². The summed E-state index contributed by atoms with van der Waals surface area (Å²) in [6, 6.07) is 6.46. The van der Waals surface area contributed by atoms with Crippen LogP contribution in [0.4, 0.5) is 5.69 Å². The van der Waals surface area contributed by atoms with Gasteiger partial charge in [-0.05, 0) is 60.3 Å². The van der Waals surface area contributed by atoms with Crippen molar-refractivity contribution in [2.24, 2.45) is 5.92 Å². The third-order valence-corrected chi connectivity index (χ3v) is 4.08. The molecule has 1 saturated heterocycles. The van der Waals surface area contributed by atoms with Crippen LogP contribution in [0, 0.1) is 5.92 Å². The van der Waals surface area contributed by atoms with E-state index in [-0.39, 0.29) is 5.78 Å². The maximum Gasteiger partial charge on any atom is 0.159 e. The Bertz CT molecular complexity index is 444. The molecule has 0 N–H and O–H groups in total. The van der Waals surface area contributed by atoms with Gasteiger partial charge in [0.05, 0.1) is 5.69 Å². The minimum absolute atomic E-state index is 0.111. The smallest absolute Gasteiger partial charge is 0.159 e. The van der Waals surface area contributed by atoms with Gasteiger partial charge in [-0.25, -0.2) is 0 Å². The number of halogens is 1. The fourth-order valence-electron chi connectivity index (χ4n) is 2.59. The topological polar surface area (TPSA) is 20.3 Å². The number of benzene rings is 1. The van der Waals surface area contributed by atoms with Crippen LogP contribution in [0.15, 0.2) is 22.7 Å². The van der Waals surface area contributed by atoms with Gasteiger partial charge in [0.15, 0.2) is 5.78 Å². The molecular formula is C14H18BrNO. The summed E-state index contributed by atoms with van der Waals surface area (Å²) in [6.07, 6.45) is 1.24. The van der Waals surface area contributed by atoms with Crippen molar-refractivity contribution < 1.29 is 4.79 Å². The van der Waals surface area contributed by atoms with Crippen LogP contribution in [0.2, 0.25) is 0 Å². The third-order valence-electron chi connectivity index (χ3n) is 3.45. The average molecular weight is 296 g/mol. The molecule has 1 aromatic rings. The number of hydrogen-bond acceptors (Lipinski definition) is 2. The molecule has 1 fully saturated rings. The molecule has 0 aromatic heterocycles. The Labute approximate surface area is 111 Å². The third kappa shape index (κ3) is 2.54. The van der Waals surface area contributed by atoms with Gasteiger partial charge in [0.25, 0.3) is 0 Å². The zero-order chi connectivity index (χ0) is 12.6. The van der Waals surface area contributed by atoms with E-state index in [1.807, 2.05) is 12.1 Å². The van der Waals surface area contributed by atoms with Crippen LogP contribution in [0.25, 0.3) is 0 Å².